The van der Waals surface area contributed by atoms with Crippen LogP contribution in [-0.4, -0.2) is 92.7 Å². The van der Waals surface area contributed by atoms with Crippen molar-refractivity contribution in [2.24, 2.45) is 5.73 Å². The molecular formula is C53H108N6O4. The number of carboxylic acids is 1. The molecule has 63 heavy (non-hydrogen) atoms. The zero-order chi connectivity index (χ0) is 45.9. The maximum atomic E-state index is 14.0. The van der Waals surface area contributed by atoms with E-state index in [1.807, 2.05) is 4.90 Å². The van der Waals surface area contributed by atoms with Crippen LogP contribution in [0, 0.1) is 0 Å². The van der Waals surface area contributed by atoms with Gasteiger partial charge in [-0.1, -0.05) is 206 Å². The zero-order valence-corrected chi connectivity index (χ0v) is 42.0. The number of unbranched alkanes of at least 4 members (excludes halogenated alkanes) is 31. The molecule has 0 radical (unpaired) electrons. The van der Waals surface area contributed by atoms with Gasteiger partial charge in [-0.2, -0.15) is 0 Å². The van der Waals surface area contributed by atoms with E-state index in [0.29, 0.717) is 19.6 Å². The van der Waals surface area contributed by atoms with Crippen LogP contribution in [0.1, 0.15) is 258 Å². The van der Waals surface area contributed by atoms with Gasteiger partial charge in [-0.25, -0.2) is 0 Å². The highest BCUT2D eigenvalue weighted by molar-refractivity contribution is 5.88. The second-order valence-electron chi connectivity index (χ2n) is 18.9. The Morgan fingerprint density at radius 1 is 0.444 bits per heavy atom. The smallest absolute Gasteiger partial charge is 0.303 e. The summed E-state index contributed by atoms with van der Waals surface area (Å²) in [6.45, 7) is 11.3. The van der Waals surface area contributed by atoms with Crippen LogP contribution in [0.15, 0.2) is 0 Å². The van der Waals surface area contributed by atoms with Crippen molar-refractivity contribution in [1.29, 1.82) is 0 Å². The predicted molar refractivity (Wildman–Crippen MR) is 271 cm³/mol. The number of carboxylic acid groups (broad SMARTS) is 1. The molecule has 1 unspecified atom stereocenters. The number of rotatable bonds is 53. The molecule has 0 saturated carbocycles. The average molecular weight is 893 g/mol. The van der Waals surface area contributed by atoms with Gasteiger partial charge in [0.1, 0.15) is 6.04 Å². The molecule has 2 amide bonds. The average Bonchev–Trinajstić information content (AvgIpc) is 3.28. The number of carbonyl (C=O) groups excluding carboxylic acids is 2. The van der Waals surface area contributed by atoms with E-state index in [0.717, 1.165) is 84.1 Å². The van der Waals surface area contributed by atoms with E-state index in [1.165, 1.54) is 180 Å². The first kappa shape index (κ1) is 61.2. The molecule has 10 heteroatoms. The van der Waals surface area contributed by atoms with Gasteiger partial charge in [0.25, 0.3) is 0 Å². The third-order valence-electron chi connectivity index (χ3n) is 12.7. The Balaban J connectivity index is 4.71. The highest BCUT2D eigenvalue weighted by atomic mass is 16.4. The van der Waals surface area contributed by atoms with Gasteiger partial charge in [0.2, 0.25) is 11.8 Å². The fraction of sp³-hybridized carbons (Fsp3) is 0.943. The minimum atomic E-state index is -0.947. The maximum absolute atomic E-state index is 14.0. The molecule has 10 nitrogen and oxygen atoms in total. The summed E-state index contributed by atoms with van der Waals surface area (Å²) in [6.07, 6.45) is 46.0. The van der Waals surface area contributed by atoms with Gasteiger partial charge in [-0.3, -0.25) is 14.4 Å². The third-order valence-corrected chi connectivity index (χ3v) is 12.7. The lowest BCUT2D eigenvalue weighted by molar-refractivity contribution is -0.139. The van der Waals surface area contributed by atoms with Gasteiger partial charge in [0, 0.05) is 19.5 Å². The molecular weight excluding hydrogens is 785 g/mol. The minimum Gasteiger partial charge on any atom is -0.481 e. The quantitative estimate of drug-likeness (QED) is 0.0331. The monoisotopic (exact) mass is 893 g/mol. The van der Waals surface area contributed by atoms with Gasteiger partial charge in [-0.05, 0) is 84.2 Å². The fourth-order valence-electron chi connectivity index (χ4n) is 8.54. The van der Waals surface area contributed by atoms with Crippen molar-refractivity contribution in [3.05, 3.63) is 0 Å². The summed E-state index contributed by atoms with van der Waals surface area (Å²) in [4.78, 5) is 40.6. The van der Waals surface area contributed by atoms with E-state index >= 15 is 0 Å². The normalized spacial score (nSPS) is 11.9. The lowest BCUT2D eigenvalue weighted by Gasteiger charge is -2.28. The van der Waals surface area contributed by atoms with Gasteiger partial charge in [0.05, 0.1) is 6.54 Å². The molecule has 0 aromatic carbocycles. The van der Waals surface area contributed by atoms with Gasteiger partial charge in [0.15, 0.2) is 0 Å². The summed E-state index contributed by atoms with van der Waals surface area (Å²) < 4.78 is 0. The topological polar surface area (TPSA) is 149 Å². The van der Waals surface area contributed by atoms with Crippen LogP contribution in [0.2, 0.25) is 0 Å². The van der Waals surface area contributed by atoms with Crippen molar-refractivity contribution < 1.29 is 19.5 Å². The Hall–Kier alpha value is -1.75. The number of nitrogens with zero attached hydrogens (tertiary/aromatic N) is 1. The number of nitrogens with two attached hydrogens (primary N) is 1. The molecule has 0 saturated heterocycles. The number of nitrogens with one attached hydrogen (secondary N) is 4. The standard InChI is InChI=1S/C53H108N6O4/c1-3-5-7-9-11-13-15-17-19-21-23-25-27-29-31-35-47-59(48-36-32-30-28-26-24-22-20-18-16-14-12-10-8-6-4-2)53(63)50(39-40-52(61)62)58-51(60)49-57-46-38-45-56-43-34-33-42-55-44-37-41-54/h50,55-57H,3-49,54H2,1-2H3,(H,58,60)(H,61,62). The second-order valence-corrected chi connectivity index (χ2v) is 18.9. The molecule has 0 fully saturated rings. The van der Waals surface area contributed by atoms with Crippen LogP contribution >= 0.6 is 0 Å². The van der Waals surface area contributed by atoms with Crippen LogP contribution in [0.5, 0.6) is 0 Å². The van der Waals surface area contributed by atoms with Gasteiger partial charge >= 0.3 is 5.97 Å². The van der Waals surface area contributed by atoms with E-state index in [-0.39, 0.29) is 31.2 Å². The van der Waals surface area contributed by atoms with Crippen molar-refractivity contribution in [2.45, 2.75) is 264 Å². The summed E-state index contributed by atoms with van der Waals surface area (Å²) >= 11 is 0. The first-order valence-electron chi connectivity index (χ1n) is 27.6. The SMILES string of the molecule is CCCCCCCCCCCCCCCCCCN(CCCCCCCCCCCCCCCCCC)C(=O)C(CCC(=O)O)NC(=O)CNCCCNCCCCNCCCN. The van der Waals surface area contributed by atoms with Crippen molar-refractivity contribution >= 4 is 17.8 Å². The zero-order valence-electron chi connectivity index (χ0n) is 42.0. The predicted octanol–water partition coefficient (Wildman–Crippen LogP) is 12.0. The van der Waals surface area contributed by atoms with E-state index < -0.39 is 12.0 Å². The number of hydrogen-bond donors (Lipinski definition) is 6. The molecule has 7 N–H and O–H groups in total. The molecule has 0 aromatic rings. The minimum absolute atomic E-state index is 0.112. The van der Waals surface area contributed by atoms with Crippen LogP contribution < -0.4 is 27.0 Å². The lowest BCUT2D eigenvalue weighted by atomic mass is 10.0. The van der Waals surface area contributed by atoms with E-state index in [9.17, 15) is 19.5 Å². The van der Waals surface area contributed by atoms with Crippen molar-refractivity contribution in [2.75, 3.05) is 58.9 Å². The lowest BCUT2D eigenvalue weighted by Crippen LogP contribution is -2.51. The Bertz CT molecular complexity index is 936. The molecule has 0 rings (SSSR count). The molecule has 0 aliphatic heterocycles. The number of amides is 2. The summed E-state index contributed by atoms with van der Waals surface area (Å²) in [6, 6.07) is -0.816. The van der Waals surface area contributed by atoms with Crippen LogP contribution in [0.4, 0.5) is 0 Å². The van der Waals surface area contributed by atoms with E-state index in [2.05, 4.69) is 35.1 Å². The van der Waals surface area contributed by atoms with Crippen LogP contribution in [0.25, 0.3) is 0 Å². The van der Waals surface area contributed by atoms with Gasteiger partial charge in [-0.15, -0.1) is 0 Å². The highest BCUT2D eigenvalue weighted by Crippen LogP contribution is 2.17. The Morgan fingerprint density at radius 3 is 1.14 bits per heavy atom. The van der Waals surface area contributed by atoms with Crippen LogP contribution in [0.3, 0.4) is 0 Å². The molecule has 0 bridgehead atoms. The Labute approximate surface area is 390 Å². The molecule has 0 spiro atoms. The Kier molecular flexibility index (Phi) is 49.8. The number of hydrogen-bond acceptors (Lipinski definition) is 7. The summed E-state index contributed by atoms with van der Waals surface area (Å²) in [7, 11) is 0. The molecule has 0 aliphatic rings. The fourth-order valence-corrected chi connectivity index (χ4v) is 8.54. The first-order chi connectivity index (χ1) is 31.0. The highest BCUT2D eigenvalue weighted by Gasteiger charge is 2.26. The molecule has 0 aromatic heterocycles. The van der Waals surface area contributed by atoms with Gasteiger partial charge < -0.3 is 37.0 Å². The van der Waals surface area contributed by atoms with Crippen molar-refractivity contribution in [3.63, 3.8) is 0 Å². The van der Waals surface area contributed by atoms with Crippen LogP contribution in [-0.2, 0) is 14.4 Å². The summed E-state index contributed by atoms with van der Waals surface area (Å²) in [5, 5.41) is 22.5. The number of aliphatic carboxylic acids is 1. The van der Waals surface area contributed by atoms with Crippen molar-refractivity contribution in [3.8, 4) is 0 Å². The second kappa shape index (κ2) is 51.2. The van der Waals surface area contributed by atoms with E-state index in [1.54, 1.807) is 0 Å². The number of carbonyl (C=O) groups is 3. The largest absolute Gasteiger partial charge is 0.481 e. The molecule has 1 atom stereocenters. The summed E-state index contributed by atoms with van der Waals surface area (Å²) in [5.74, 6) is -1.32. The Morgan fingerprint density at radius 2 is 0.778 bits per heavy atom. The molecule has 374 valence electrons. The van der Waals surface area contributed by atoms with E-state index in [4.69, 9.17) is 5.73 Å². The summed E-state index contributed by atoms with van der Waals surface area (Å²) in [5.41, 5.74) is 5.53. The molecule has 0 heterocycles. The molecule has 0 aliphatic carbocycles. The van der Waals surface area contributed by atoms with Crippen molar-refractivity contribution in [1.82, 2.24) is 26.2 Å². The third kappa shape index (κ3) is 46.6. The maximum Gasteiger partial charge on any atom is 0.303 e. The first-order valence-corrected chi connectivity index (χ1v) is 27.6.